The number of hydrogen-bond acceptors (Lipinski definition) is 6. The van der Waals surface area contributed by atoms with E-state index in [1.54, 1.807) is 27.2 Å². The van der Waals surface area contributed by atoms with Gasteiger partial charge in [0.1, 0.15) is 11.5 Å². The van der Waals surface area contributed by atoms with Crippen LogP contribution in [0.15, 0.2) is 54.6 Å². The van der Waals surface area contributed by atoms with Crippen molar-refractivity contribution < 1.29 is 19.0 Å². The van der Waals surface area contributed by atoms with Crippen LogP contribution in [0.5, 0.6) is 11.5 Å². The molecular weight excluding hydrogens is 344 g/mol. The number of carbonyl (C=O) groups is 1. The zero-order valence-electron chi connectivity index (χ0n) is 15.4. The molecule has 0 unspecified atom stereocenters. The lowest BCUT2D eigenvalue weighted by atomic mass is 10.1. The van der Waals surface area contributed by atoms with Crippen LogP contribution in [0.3, 0.4) is 0 Å². The van der Waals surface area contributed by atoms with Gasteiger partial charge >= 0.3 is 5.97 Å². The number of rotatable bonds is 6. The Morgan fingerprint density at radius 3 is 2.11 bits per heavy atom. The standard InChI is InChI=1S/C21H20N2O4/c1-4-27-21(24)17-13-16(14-9-5-7-11-18(14)25-2)22-20(23-17)15-10-6-8-12-19(15)26-3/h5-13H,4H2,1-3H3. The van der Waals surface area contributed by atoms with Gasteiger partial charge < -0.3 is 14.2 Å². The third kappa shape index (κ3) is 3.89. The van der Waals surface area contributed by atoms with E-state index in [9.17, 15) is 4.79 Å². The molecule has 0 bridgehead atoms. The molecule has 0 aliphatic carbocycles. The summed E-state index contributed by atoms with van der Waals surface area (Å²) >= 11 is 0. The van der Waals surface area contributed by atoms with Gasteiger partial charge in [-0.25, -0.2) is 14.8 Å². The number of ether oxygens (including phenoxy) is 3. The monoisotopic (exact) mass is 364 g/mol. The highest BCUT2D eigenvalue weighted by Gasteiger charge is 2.18. The van der Waals surface area contributed by atoms with Crippen LogP contribution in [-0.4, -0.2) is 36.8 Å². The van der Waals surface area contributed by atoms with E-state index in [1.807, 2.05) is 48.5 Å². The van der Waals surface area contributed by atoms with Crippen LogP contribution in [0.4, 0.5) is 0 Å². The average molecular weight is 364 g/mol. The van der Waals surface area contributed by atoms with Crippen LogP contribution < -0.4 is 9.47 Å². The second kappa shape index (κ2) is 8.31. The number of methoxy groups -OCH3 is 2. The first-order valence-corrected chi connectivity index (χ1v) is 8.51. The molecule has 0 fully saturated rings. The average Bonchev–Trinajstić information content (AvgIpc) is 2.73. The Labute approximate surface area is 157 Å². The van der Waals surface area contributed by atoms with E-state index < -0.39 is 5.97 Å². The third-order valence-electron chi connectivity index (χ3n) is 3.94. The molecule has 138 valence electrons. The maximum atomic E-state index is 12.3. The highest BCUT2D eigenvalue weighted by molar-refractivity contribution is 5.89. The molecule has 1 heterocycles. The Morgan fingerprint density at radius 2 is 1.48 bits per heavy atom. The summed E-state index contributed by atoms with van der Waals surface area (Å²) in [6.45, 7) is 2.01. The maximum Gasteiger partial charge on any atom is 0.357 e. The quantitative estimate of drug-likeness (QED) is 0.616. The predicted octanol–water partition coefficient (Wildman–Crippen LogP) is 4.00. The van der Waals surface area contributed by atoms with Gasteiger partial charge in [-0.05, 0) is 37.3 Å². The first kappa shape index (κ1) is 18.4. The molecule has 6 heteroatoms. The number of hydrogen-bond donors (Lipinski definition) is 0. The van der Waals surface area contributed by atoms with Gasteiger partial charge in [-0.1, -0.05) is 24.3 Å². The molecule has 3 rings (SSSR count). The molecule has 0 spiro atoms. The number of aromatic nitrogens is 2. The molecule has 0 aliphatic heterocycles. The fourth-order valence-electron chi connectivity index (χ4n) is 2.70. The van der Waals surface area contributed by atoms with Crippen molar-refractivity contribution in [2.75, 3.05) is 20.8 Å². The normalized spacial score (nSPS) is 10.3. The second-order valence-corrected chi connectivity index (χ2v) is 5.58. The van der Waals surface area contributed by atoms with Crippen LogP contribution in [0.25, 0.3) is 22.6 Å². The van der Waals surface area contributed by atoms with Crippen molar-refractivity contribution in [1.29, 1.82) is 0 Å². The molecule has 2 aromatic carbocycles. The van der Waals surface area contributed by atoms with E-state index in [4.69, 9.17) is 14.2 Å². The van der Waals surface area contributed by atoms with Gasteiger partial charge in [-0.2, -0.15) is 0 Å². The summed E-state index contributed by atoms with van der Waals surface area (Å²) in [5, 5.41) is 0. The topological polar surface area (TPSA) is 70.5 Å². The van der Waals surface area contributed by atoms with E-state index in [0.29, 0.717) is 28.6 Å². The highest BCUT2D eigenvalue weighted by atomic mass is 16.5. The van der Waals surface area contributed by atoms with Crippen molar-refractivity contribution in [2.24, 2.45) is 0 Å². The summed E-state index contributed by atoms with van der Waals surface area (Å²) in [5.41, 5.74) is 2.17. The Morgan fingerprint density at radius 1 is 0.889 bits per heavy atom. The lowest BCUT2D eigenvalue weighted by molar-refractivity contribution is 0.0519. The van der Waals surface area contributed by atoms with E-state index in [2.05, 4.69) is 9.97 Å². The lowest BCUT2D eigenvalue weighted by Crippen LogP contribution is -2.09. The molecular formula is C21H20N2O4. The molecule has 0 saturated heterocycles. The fraction of sp³-hybridized carbons (Fsp3) is 0.190. The summed E-state index contributed by atoms with van der Waals surface area (Å²) in [7, 11) is 3.17. The molecule has 3 aromatic rings. The number of para-hydroxylation sites is 2. The smallest absolute Gasteiger partial charge is 0.357 e. The second-order valence-electron chi connectivity index (χ2n) is 5.58. The molecule has 0 saturated carbocycles. The minimum Gasteiger partial charge on any atom is -0.496 e. The van der Waals surface area contributed by atoms with Crippen LogP contribution in [0.1, 0.15) is 17.4 Å². The van der Waals surface area contributed by atoms with Crippen LogP contribution in [0, 0.1) is 0 Å². The Bertz CT molecular complexity index is 891. The molecule has 0 atom stereocenters. The van der Waals surface area contributed by atoms with Crippen molar-refractivity contribution in [3.63, 3.8) is 0 Å². The molecule has 6 nitrogen and oxygen atoms in total. The van der Waals surface area contributed by atoms with Gasteiger partial charge in [0.05, 0.1) is 32.1 Å². The van der Waals surface area contributed by atoms with Gasteiger partial charge in [0, 0.05) is 5.56 Å². The predicted molar refractivity (Wildman–Crippen MR) is 102 cm³/mol. The van der Waals surface area contributed by atoms with Gasteiger partial charge in [-0.3, -0.25) is 0 Å². The molecule has 0 aliphatic rings. The van der Waals surface area contributed by atoms with Crippen molar-refractivity contribution >= 4 is 5.97 Å². The molecule has 0 radical (unpaired) electrons. The van der Waals surface area contributed by atoms with E-state index in [-0.39, 0.29) is 12.3 Å². The van der Waals surface area contributed by atoms with Crippen molar-refractivity contribution in [3.8, 4) is 34.1 Å². The minimum absolute atomic E-state index is 0.175. The highest BCUT2D eigenvalue weighted by Crippen LogP contribution is 2.32. The maximum absolute atomic E-state index is 12.3. The molecule has 0 N–H and O–H groups in total. The summed E-state index contributed by atoms with van der Waals surface area (Å²) in [4.78, 5) is 21.4. The largest absolute Gasteiger partial charge is 0.496 e. The molecule has 27 heavy (non-hydrogen) atoms. The SMILES string of the molecule is CCOC(=O)c1cc(-c2ccccc2OC)nc(-c2ccccc2OC)n1. The van der Waals surface area contributed by atoms with Gasteiger partial charge in [0.25, 0.3) is 0 Å². The number of nitrogens with zero attached hydrogens (tertiary/aromatic N) is 2. The first-order valence-electron chi connectivity index (χ1n) is 8.51. The fourth-order valence-corrected chi connectivity index (χ4v) is 2.70. The van der Waals surface area contributed by atoms with Crippen molar-refractivity contribution in [1.82, 2.24) is 9.97 Å². The number of carbonyl (C=O) groups excluding carboxylic acids is 1. The van der Waals surface area contributed by atoms with E-state index in [0.717, 1.165) is 5.56 Å². The summed E-state index contributed by atoms with van der Waals surface area (Å²) in [6.07, 6.45) is 0. The third-order valence-corrected chi connectivity index (χ3v) is 3.94. The van der Waals surface area contributed by atoms with Gasteiger partial charge in [0.2, 0.25) is 0 Å². The zero-order chi connectivity index (χ0) is 19.2. The first-order chi connectivity index (χ1) is 13.2. The van der Waals surface area contributed by atoms with Crippen LogP contribution >= 0.6 is 0 Å². The molecule has 0 amide bonds. The van der Waals surface area contributed by atoms with E-state index >= 15 is 0 Å². The number of benzene rings is 2. The van der Waals surface area contributed by atoms with E-state index in [1.165, 1.54) is 0 Å². The lowest BCUT2D eigenvalue weighted by Gasteiger charge is -2.12. The minimum atomic E-state index is -0.507. The Hall–Kier alpha value is -3.41. The Balaban J connectivity index is 2.22. The Kier molecular flexibility index (Phi) is 5.66. The van der Waals surface area contributed by atoms with Gasteiger partial charge in [0.15, 0.2) is 11.5 Å². The summed E-state index contributed by atoms with van der Waals surface area (Å²) in [5.74, 6) is 1.13. The van der Waals surface area contributed by atoms with Crippen LogP contribution in [0.2, 0.25) is 0 Å². The number of esters is 1. The van der Waals surface area contributed by atoms with Crippen LogP contribution in [-0.2, 0) is 4.74 Å². The van der Waals surface area contributed by atoms with Crippen molar-refractivity contribution in [2.45, 2.75) is 6.92 Å². The zero-order valence-corrected chi connectivity index (χ0v) is 15.4. The summed E-state index contributed by atoms with van der Waals surface area (Å²) < 4.78 is 16.0. The van der Waals surface area contributed by atoms with Gasteiger partial charge in [-0.15, -0.1) is 0 Å². The molecule has 1 aromatic heterocycles. The summed E-state index contributed by atoms with van der Waals surface area (Å²) in [6, 6.07) is 16.5. The van der Waals surface area contributed by atoms with Crippen molar-refractivity contribution in [3.05, 3.63) is 60.3 Å².